The van der Waals surface area contributed by atoms with E-state index in [1.807, 2.05) is 0 Å². The number of ether oxygens (including phenoxy) is 3. The highest BCUT2D eigenvalue weighted by molar-refractivity contribution is 6.30. The molecule has 6 unspecified atom stereocenters. The van der Waals surface area contributed by atoms with E-state index in [1.54, 1.807) is 0 Å². The molecular weight excluding hydrogens is 524 g/mol. The number of benzene rings is 2. The molecule has 1 heterocycles. The van der Waals surface area contributed by atoms with Crippen LogP contribution in [-0.4, -0.2) is 74.5 Å². The number of aromatic hydroxyl groups is 2. The summed E-state index contributed by atoms with van der Waals surface area (Å²) in [5.74, 6) is -5.12. The maximum Gasteiger partial charge on any atom is 0.316 e. The fourth-order valence-corrected chi connectivity index (χ4v) is 6.17. The summed E-state index contributed by atoms with van der Waals surface area (Å²) in [7, 11) is 1.14. The van der Waals surface area contributed by atoms with Gasteiger partial charge in [0.1, 0.15) is 23.0 Å². The van der Waals surface area contributed by atoms with Gasteiger partial charge in [0.15, 0.2) is 17.9 Å². The first-order valence-corrected chi connectivity index (χ1v) is 12.9. The van der Waals surface area contributed by atoms with Gasteiger partial charge in [0.25, 0.3) is 0 Å². The molecular formula is C29H30O11. The molecule has 0 spiro atoms. The van der Waals surface area contributed by atoms with Crippen LogP contribution < -0.4 is 0 Å². The highest BCUT2D eigenvalue weighted by atomic mass is 16.7. The van der Waals surface area contributed by atoms with E-state index < -0.39 is 70.4 Å². The predicted octanol–water partition coefficient (Wildman–Crippen LogP) is 2.19. The van der Waals surface area contributed by atoms with Crippen LogP contribution in [0.1, 0.15) is 95.0 Å². The van der Waals surface area contributed by atoms with Gasteiger partial charge in [-0.05, 0) is 44.9 Å². The summed E-state index contributed by atoms with van der Waals surface area (Å²) in [5.41, 5.74) is -4.32. The van der Waals surface area contributed by atoms with Gasteiger partial charge in [0, 0.05) is 29.5 Å². The molecule has 3 aliphatic rings. The number of rotatable bonds is 4. The number of aliphatic hydroxyl groups is 2. The van der Waals surface area contributed by atoms with Gasteiger partial charge >= 0.3 is 5.97 Å². The Bertz CT molecular complexity index is 1460. The van der Waals surface area contributed by atoms with Crippen LogP contribution >= 0.6 is 0 Å². The van der Waals surface area contributed by atoms with Crippen LogP contribution in [0.4, 0.5) is 0 Å². The lowest BCUT2D eigenvalue weighted by Gasteiger charge is -2.44. The maximum atomic E-state index is 13.5. The SMILES string of the molecule is COC(=O)C1c2cc3c(c(O)c2C(OC2CCC(O)(C(C)=O)C(C)O2)CC1(C)O)C(=O)c1c(O)cccc1C3=O. The van der Waals surface area contributed by atoms with Crippen LogP contribution in [-0.2, 0) is 23.8 Å². The number of hydrogen-bond acceptors (Lipinski definition) is 11. The molecule has 4 N–H and O–H groups in total. The molecule has 11 heteroatoms. The van der Waals surface area contributed by atoms with Gasteiger partial charge < -0.3 is 34.6 Å². The molecule has 11 nitrogen and oxygen atoms in total. The van der Waals surface area contributed by atoms with Gasteiger partial charge in [0.05, 0.1) is 36.0 Å². The van der Waals surface area contributed by atoms with E-state index in [-0.39, 0.29) is 52.6 Å². The number of carbonyl (C=O) groups excluding carboxylic acids is 4. The number of carbonyl (C=O) groups is 4. The van der Waals surface area contributed by atoms with Crippen LogP contribution in [0.25, 0.3) is 0 Å². The third-order valence-corrected chi connectivity index (χ3v) is 8.36. The summed E-state index contributed by atoms with van der Waals surface area (Å²) in [6.07, 6.45) is -3.14. The zero-order valence-electron chi connectivity index (χ0n) is 22.4. The summed E-state index contributed by atoms with van der Waals surface area (Å²) in [6.45, 7) is 4.18. The van der Waals surface area contributed by atoms with Crippen LogP contribution in [0.15, 0.2) is 24.3 Å². The second-order valence-electron chi connectivity index (χ2n) is 10.9. The van der Waals surface area contributed by atoms with Gasteiger partial charge in [-0.3, -0.25) is 19.2 Å². The van der Waals surface area contributed by atoms with Gasteiger partial charge in [-0.15, -0.1) is 0 Å². The number of esters is 1. The normalized spacial score (nSPS) is 31.1. The number of Topliss-reactive ketones (excluding diaryl/α,β-unsaturated/α-hetero) is 1. The quantitative estimate of drug-likeness (QED) is 0.348. The van der Waals surface area contributed by atoms with Crippen molar-refractivity contribution in [3.05, 3.63) is 57.6 Å². The number of fused-ring (bicyclic) bond motifs is 3. The molecule has 0 saturated carbocycles. The lowest BCUT2D eigenvalue weighted by atomic mass is 9.68. The first-order chi connectivity index (χ1) is 18.7. The largest absolute Gasteiger partial charge is 0.507 e. The van der Waals surface area contributed by atoms with E-state index in [9.17, 15) is 39.6 Å². The summed E-state index contributed by atoms with van der Waals surface area (Å²) in [4.78, 5) is 51.9. The molecule has 40 heavy (non-hydrogen) atoms. The summed E-state index contributed by atoms with van der Waals surface area (Å²) < 4.78 is 16.9. The van der Waals surface area contributed by atoms with Gasteiger partial charge in [-0.1, -0.05) is 12.1 Å². The molecule has 1 aliphatic heterocycles. The van der Waals surface area contributed by atoms with Crippen molar-refractivity contribution < 1.29 is 53.8 Å². The Kier molecular flexibility index (Phi) is 6.61. The molecule has 0 radical (unpaired) electrons. The minimum atomic E-state index is -1.77. The average molecular weight is 555 g/mol. The van der Waals surface area contributed by atoms with Crippen molar-refractivity contribution in [3.8, 4) is 11.5 Å². The number of phenols is 2. The molecule has 2 aromatic carbocycles. The summed E-state index contributed by atoms with van der Waals surface area (Å²) >= 11 is 0. The van der Waals surface area contributed by atoms with Crippen LogP contribution in [0, 0.1) is 0 Å². The van der Waals surface area contributed by atoms with Gasteiger partial charge in [0.2, 0.25) is 5.78 Å². The van der Waals surface area contributed by atoms with Crippen molar-refractivity contribution in [1.29, 1.82) is 0 Å². The van der Waals surface area contributed by atoms with E-state index in [1.165, 1.54) is 45.0 Å². The topological polar surface area (TPSA) is 177 Å². The first-order valence-electron chi connectivity index (χ1n) is 12.9. The monoisotopic (exact) mass is 554 g/mol. The van der Waals surface area contributed by atoms with Crippen molar-refractivity contribution in [1.82, 2.24) is 0 Å². The molecule has 6 atom stereocenters. The number of methoxy groups -OCH3 is 1. The lowest BCUT2D eigenvalue weighted by Crippen LogP contribution is -2.54. The zero-order valence-corrected chi connectivity index (χ0v) is 22.4. The first kappa shape index (κ1) is 27.9. The fourth-order valence-electron chi connectivity index (χ4n) is 6.17. The molecule has 2 aliphatic carbocycles. The number of hydrogen-bond donors (Lipinski definition) is 4. The smallest absolute Gasteiger partial charge is 0.316 e. The van der Waals surface area contributed by atoms with E-state index in [0.717, 1.165) is 7.11 Å². The third kappa shape index (κ3) is 4.03. The van der Waals surface area contributed by atoms with Crippen LogP contribution in [0.2, 0.25) is 0 Å². The number of ketones is 3. The standard InChI is InChI=1S/C29H30O11/c1-12(30)29(37)9-8-19(39-13(29)2)40-18-11-28(3,36)23(27(35)38-4)15-10-16-22(26(34)21(15)18)25(33)20-14(24(16)32)6-5-7-17(20)31/h5-7,10,13,18-19,23,31,34,36-37H,8-9,11H2,1-4H3. The third-order valence-electron chi connectivity index (χ3n) is 8.36. The molecule has 2 aromatic rings. The summed E-state index contributed by atoms with van der Waals surface area (Å²) in [6, 6.07) is 5.32. The average Bonchev–Trinajstić information content (AvgIpc) is 2.88. The van der Waals surface area contributed by atoms with Gasteiger partial charge in [-0.2, -0.15) is 0 Å². The van der Waals surface area contributed by atoms with E-state index in [2.05, 4.69) is 0 Å². The van der Waals surface area contributed by atoms with Crippen molar-refractivity contribution in [2.45, 2.75) is 75.7 Å². The van der Waals surface area contributed by atoms with E-state index in [0.29, 0.717) is 0 Å². The minimum absolute atomic E-state index is 0.00986. The Morgan fingerprint density at radius 1 is 1.07 bits per heavy atom. The fraction of sp³-hybridized carbons (Fsp3) is 0.448. The Labute approximate surface area is 229 Å². The Morgan fingerprint density at radius 2 is 1.77 bits per heavy atom. The van der Waals surface area contributed by atoms with Crippen LogP contribution in [0.3, 0.4) is 0 Å². The van der Waals surface area contributed by atoms with Crippen molar-refractivity contribution in [2.24, 2.45) is 0 Å². The van der Waals surface area contributed by atoms with Crippen molar-refractivity contribution in [2.75, 3.05) is 7.11 Å². The molecule has 0 amide bonds. The van der Waals surface area contributed by atoms with Crippen molar-refractivity contribution >= 4 is 23.3 Å². The molecule has 0 aromatic heterocycles. The molecule has 1 fully saturated rings. The maximum absolute atomic E-state index is 13.5. The molecule has 0 bridgehead atoms. The lowest BCUT2D eigenvalue weighted by molar-refractivity contribution is -0.262. The Balaban J connectivity index is 1.64. The molecule has 5 rings (SSSR count). The highest BCUT2D eigenvalue weighted by Crippen LogP contribution is 2.53. The highest BCUT2D eigenvalue weighted by Gasteiger charge is 2.52. The molecule has 1 saturated heterocycles. The zero-order chi connectivity index (χ0) is 29.3. The Morgan fingerprint density at radius 3 is 2.40 bits per heavy atom. The predicted molar refractivity (Wildman–Crippen MR) is 136 cm³/mol. The second-order valence-corrected chi connectivity index (χ2v) is 10.9. The van der Waals surface area contributed by atoms with E-state index >= 15 is 0 Å². The second kappa shape index (κ2) is 9.48. The minimum Gasteiger partial charge on any atom is -0.507 e. The Hall–Kier alpha value is -3.64. The van der Waals surface area contributed by atoms with Gasteiger partial charge in [-0.25, -0.2) is 0 Å². The van der Waals surface area contributed by atoms with E-state index in [4.69, 9.17) is 14.2 Å². The van der Waals surface area contributed by atoms with Crippen LogP contribution in [0.5, 0.6) is 11.5 Å². The number of phenolic OH excluding ortho intramolecular Hbond substituents is 2. The summed E-state index contributed by atoms with van der Waals surface area (Å²) in [5, 5.41) is 44.0. The molecule has 212 valence electrons. The van der Waals surface area contributed by atoms with Crippen molar-refractivity contribution in [3.63, 3.8) is 0 Å².